The van der Waals surface area contributed by atoms with Crippen LogP contribution in [0.15, 0.2) is 24.3 Å². The zero-order valence-corrected chi connectivity index (χ0v) is 36.8. The van der Waals surface area contributed by atoms with Gasteiger partial charge in [0, 0.05) is 0 Å². The lowest BCUT2D eigenvalue weighted by Gasteiger charge is -2.41. The van der Waals surface area contributed by atoms with Crippen molar-refractivity contribution in [3.63, 3.8) is 0 Å². The van der Waals surface area contributed by atoms with Gasteiger partial charge in [-0.15, -0.1) is 0 Å². The van der Waals surface area contributed by atoms with E-state index in [0.717, 1.165) is 64.2 Å². The number of unbranched alkanes of at least 4 members (excludes halogenated alkanes) is 23. The quantitative estimate of drug-likeness (QED) is 0.0183. The number of amides is 1. The van der Waals surface area contributed by atoms with Gasteiger partial charge in [0.15, 0.2) is 6.29 Å². The van der Waals surface area contributed by atoms with E-state index in [2.05, 4.69) is 35.5 Å². The third-order valence-corrected chi connectivity index (χ3v) is 11.3. The number of hydrogen-bond donors (Lipinski definition) is 7. The van der Waals surface area contributed by atoms with Gasteiger partial charge in [0.05, 0.1) is 25.4 Å². The highest BCUT2D eigenvalue weighted by Crippen LogP contribution is 2.26. The molecular formula is C44H83NO12S. The van der Waals surface area contributed by atoms with Gasteiger partial charge in [-0.1, -0.05) is 167 Å². The summed E-state index contributed by atoms with van der Waals surface area (Å²) in [5.74, 6) is -0.710. The van der Waals surface area contributed by atoms with Crippen LogP contribution in [0.25, 0.3) is 0 Å². The predicted octanol–water partition coefficient (Wildman–Crippen LogP) is 7.52. The van der Waals surface area contributed by atoms with Gasteiger partial charge in [-0.05, 0) is 44.9 Å². The first-order valence-corrected chi connectivity index (χ1v) is 24.2. The van der Waals surface area contributed by atoms with E-state index in [1.807, 2.05) is 0 Å². The van der Waals surface area contributed by atoms with Gasteiger partial charge in [-0.25, -0.2) is 4.18 Å². The summed E-state index contributed by atoms with van der Waals surface area (Å²) in [4.78, 5) is 13.0. The molecule has 342 valence electrons. The Kier molecular flexibility index (Phi) is 33.1. The van der Waals surface area contributed by atoms with E-state index >= 15 is 0 Å². The number of aliphatic hydroxyl groups excluding tert-OH is 5. The van der Waals surface area contributed by atoms with Crippen LogP contribution in [0.3, 0.4) is 0 Å². The molecule has 7 N–H and O–H groups in total. The maximum Gasteiger partial charge on any atom is 0.397 e. The third kappa shape index (κ3) is 27.4. The molecule has 1 aliphatic heterocycles. The highest BCUT2D eigenvalue weighted by molar-refractivity contribution is 7.80. The van der Waals surface area contributed by atoms with Crippen LogP contribution in [0.1, 0.15) is 187 Å². The molecule has 1 heterocycles. The molecule has 8 atom stereocenters. The predicted molar refractivity (Wildman–Crippen MR) is 228 cm³/mol. The van der Waals surface area contributed by atoms with Crippen molar-refractivity contribution >= 4 is 16.3 Å². The summed E-state index contributed by atoms with van der Waals surface area (Å²) in [5.41, 5.74) is 0. The summed E-state index contributed by atoms with van der Waals surface area (Å²) < 4.78 is 47.3. The highest BCUT2D eigenvalue weighted by Gasteiger charge is 2.48. The summed E-state index contributed by atoms with van der Waals surface area (Å²) in [6, 6.07) is -1.12. The van der Waals surface area contributed by atoms with Crippen LogP contribution in [-0.2, 0) is 28.9 Å². The van der Waals surface area contributed by atoms with Crippen LogP contribution >= 0.6 is 0 Å². The molecule has 58 heavy (non-hydrogen) atoms. The molecule has 0 bridgehead atoms. The van der Waals surface area contributed by atoms with Crippen molar-refractivity contribution in [2.45, 2.75) is 236 Å². The van der Waals surface area contributed by atoms with Crippen LogP contribution in [0.2, 0.25) is 0 Å². The number of nitrogens with one attached hydrogen (secondary N) is 1. The van der Waals surface area contributed by atoms with E-state index in [9.17, 15) is 38.7 Å². The third-order valence-electron chi connectivity index (χ3n) is 10.8. The van der Waals surface area contributed by atoms with Gasteiger partial charge in [0.25, 0.3) is 0 Å². The molecule has 0 aromatic rings. The zero-order chi connectivity index (χ0) is 42.9. The molecule has 1 aliphatic rings. The fourth-order valence-electron chi connectivity index (χ4n) is 7.16. The minimum atomic E-state index is -5.11. The van der Waals surface area contributed by atoms with Crippen LogP contribution in [0.5, 0.6) is 0 Å². The van der Waals surface area contributed by atoms with E-state index in [0.29, 0.717) is 12.8 Å². The number of carbonyl (C=O) groups is 1. The van der Waals surface area contributed by atoms with Gasteiger partial charge >= 0.3 is 10.4 Å². The normalized spacial score (nSPS) is 21.8. The van der Waals surface area contributed by atoms with Crippen LogP contribution in [-0.4, -0.2) is 107 Å². The van der Waals surface area contributed by atoms with Gasteiger partial charge in [0.2, 0.25) is 5.91 Å². The van der Waals surface area contributed by atoms with Crippen molar-refractivity contribution in [2.75, 3.05) is 13.2 Å². The minimum Gasteiger partial charge on any atom is -0.394 e. The molecule has 1 saturated heterocycles. The summed E-state index contributed by atoms with van der Waals surface area (Å²) in [5, 5.41) is 54.9. The van der Waals surface area contributed by atoms with Crippen LogP contribution < -0.4 is 5.32 Å². The van der Waals surface area contributed by atoms with Gasteiger partial charge in [0.1, 0.15) is 30.5 Å². The van der Waals surface area contributed by atoms with Crippen molar-refractivity contribution in [1.29, 1.82) is 0 Å². The van der Waals surface area contributed by atoms with E-state index < -0.39 is 78.5 Å². The number of carbonyl (C=O) groups excluding carboxylic acids is 1. The second-order valence-corrected chi connectivity index (χ2v) is 17.2. The first kappa shape index (κ1) is 54.6. The molecule has 8 unspecified atom stereocenters. The average molecular weight is 850 g/mol. The SMILES string of the molecule is CCCCCCCC/C=C/C(O)C(COC1OC(CO)C(O)C(OS(=O)(=O)O)C1O)NC(=O)C(O)CCCCCCCC/C=C\CCCCCCCCCCCCC. The van der Waals surface area contributed by atoms with E-state index in [1.54, 1.807) is 6.08 Å². The Morgan fingerprint density at radius 3 is 1.60 bits per heavy atom. The number of rotatable bonds is 38. The van der Waals surface area contributed by atoms with Gasteiger partial charge in [-0.2, -0.15) is 8.42 Å². The topological polar surface area (TPSA) is 212 Å². The van der Waals surface area contributed by atoms with Crippen LogP contribution in [0, 0.1) is 0 Å². The number of aliphatic hydroxyl groups is 5. The first-order valence-electron chi connectivity index (χ1n) is 22.8. The zero-order valence-electron chi connectivity index (χ0n) is 36.0. The summed E-state index contributed by atoms with van der Waals surface area (Å²) in [7, 11) is -5.11. The van der Waals surface area contributed by atoms with Crippen molar-refractivity contribution in [2.24, 2.45) is 0 Å². The van der Waals surface area contributed by atoms with Crippen LogP contribution in [0.4, 0.5) is 0 Å². The summed E-state index contributed by atoms with van der Waals surface area (Å²) in [6.45, 7) is 3.15. The fraction of sp³-hybridized carbons (Fsp3) is 0.886. The van der Waals surface area contributed by atoms with E-state index in [1.165, 1.54) is 96.0 Å². The number of hydrogen-bond acceptors (Lipinski definition) is 11. The fourth-order valence-corrected chi connectivity index (χ4v) is 7.67. The Morgan fingerprint density at radius 1 is 0.690 bits per heavy atom. The van der Waals surface area contributed by atoms with Crippen molar-refractivity contribution < 1.29 is 57.0 Å². The lowest BCUT2D eigenvalue weighted by Crippen LogP contribution is -2.61. The lowest BCUT2D eigenvalue weighted by molar-refractivity contribution is -0.298. The minimum absolute atomic E-state index is 0.236. The number of ether oxygens (including phenoxy) is 2. The Hall–Kier alpha value is -1.46. The monoisotopic (exact) mass is 850 g/mol. The molecule has 14 heteroatoms. The van der Waals surface area contributed by atoms with Crippen molar-refractivity contribution in [3.8, 4) is 0 Å². The van der Waals surface area contributed by atoms with E-state index in [4.69, 9.17) is 14.0 Å². The summed E-state index contributed by atoms with van der Waals surface area (Å²) in [6.07, 6.45) is 27.3. The maximum atomic E-state index is 13.0. The van der Waals surface area contributed by atoms with Crippen molar-refractivity contribution in [1.82, 2.24) is 5.32 Å². The molecule has 1 fully saturated rings. The number of allylic oxidation sites excluding steroid dienone is 3. The largest absolute Gasteiger partial charge is 0.397 e. The van der Waals surface area contributed by atoms with Gasteiger partial charge in [-0.3, -0.25) is 9.35 Å². The average Bonchev–Trinajstić information content (AvgIpc) is 3.19. The standard InChI is InChI=1S/C44H83NO12S/c1-3-5-7-9-11-13-14-15-16-17-18-19-20-21-22-23-24-25-27-29-31-33-38(48)43(51)45-36(37(47)32-30-28-26-12-10-8-6-4-2)35-55-44-41(50)42(57-58(52,53)54)40(49)39(34-46)56-44/h20-21,30,32,36-42,44,46-50H,3-19,22-29,31,33-35H2,1-2H3,(H,45,51)(H,52,53,54)/b21-20-,32-30+. The molecular weight excluding hydrogens is 767 g/mol. The highest BCUT2D eigenvalue weighted by atomic mass is 32.3. The molecule has 0 aromatic carbocycles. The molecule has 0 saturated carbocycles. The molecule has 0 spiro atoms. The second kappa shape index (κ2) is 35.2. The first-order chi connectivity index (χ1) is 27.9. The van der Waals surface area contributed by atoms with E-state index in [-0.39, 0.29) is 6.42 Å². The van der Waals surface area contributed by atoms with Gasteiger partial charge < -0.3 is 40.3 Å². The maximum absolute atomic E-state index is 13.0. The molecule has 0 aromatic heterocycles. The Labute approximate surface area is 351 Å². The smallest absolute Gasteiger partial charge is 0.394 e. The molecule has 13 nitrogen and oxygen atoms in total. The Morgan fingerprint density at radius 2 is 1.14 bits per heavy atom. The Balaban J connectivity index is 2.46. The Bertz CT molecular complexity index is 1160. The summed E-state index contributed by atoms with van der Waals surface area (Å²) >= 11 is 0. The molecule has 1 rings (SSSR count). The molecule has 0 radical (unpaired) electrons. The van der Waals surface area contributed by atoms with Crippen molar-refractivity contribution in [3.05, 3.63) is 24.3 Å². The lowest BCUT2D eigenvalue weighted by atomic mass is 9.99. The molecule has 1 amide bonds. The second-order valence-electron chi connectivity index (χ2n) is 16.1. The molecule has 0 aliphatic carbocycles.